The monoisotopic (exact) mass is 358 g/mol. The maximum atomic E-state index is 12.4. The molecule has 0 saturated heterocycles. The normalized spacial score (nSPS) is 28.4. The van der Waals surface area contributed by atoms with E-state index in [1.807, 2.05) is 32.4 Å². The molecule has 3 aromatic heterocycles. The van der Waals surface area contributed by atoms with Gasteiger partial charge in [0.05, 0.1) is 29.5 Å². The predicted octanol–water partition coefficient (Wildman–Crippen LogP) is 2.86. The summed E-state index contributed by atoms with van der Waals surface area (Å²) in [6, 6.07) is 2.04. The van der Waals surface area contributed by atoms with Gasteiger partial charge in [0.15, 0.2) is 9.84 Å². The van der Waals surface area contributed by atoms with Crippen LogP contribution >= 0.6 is 0 Å². The molecule has 3 aliphatic carbocycles. The first kappa shape index (κ1) is 15.4. The lowest BCUT2D eigenvalue weighted by Gasteiger charge is -2.71. The molecule has 3 aliphatic rings. The topological polar surface area (TPSA) is 80.6 Å². The van der Waals surface area contributed by atoms with Crippen LogP contribution in [0.2, 0.25) is 0 Å². The summed E-state index contributed by atoms with van der Waals surface area (Å²) < 4.78 is 27.0. The Labute approximate surface area is 146 Å². The van der Waals surface area contributed by atoms with E-state index in [4.69, 9.17) is 0 Å². The van der Waals surface area contributed by atoms with Crippen molar-refractivity contribution in [2.24, 2.45) is 11.3 Å². The van der Waals surface area contributed by atoms with Gasteiger partial charge in [0.2, 0.25) is 0 Å². The number of sulfone groups is 1. The molecule has 7 heteroatoms. The van der Waals surface area contributed by atoms with Crippen LogP contribution in [0.1, 0.15) is 33.1 Å². The van der Waals surface area contributed by atoms with Gasteiger partial charge >= 0.3 is 0 Å². The Hall–Kier alpha value is -1.89. The zero-order chi connectivity index (χ0) is 17.4. The van der Waals surface area contributed by atoms with Crippen LogP contribution in [0, 0.1) is 11.3 Å². The molecule has 0 atom stereocenters. The van der Waals surface area contributed by atoms with Crippen LogP contribution in [-0.2, 0) is 15.4 Å². The molecule has 3 aromatic rings. The molecule has 3 saturated carbocycles. The Morgan fingerprint density at radius 3 is 2.76 bits per heavy atom. The van der Waals surface area contributed by atoms with E-state index in [-0.39, 0.29) is 16.9 Å². The molecule has 0 radical (unpaired) electrons. The lowest BCUT2D eigenvalue weighted by Crippen LogP contribution is -2.69. The van der Waals surface area contributed by atoms with Gasteiger partial charge in [0.1, 0.15) is 11.2 Å². The van der Waals surface area contributed by atoms with Crippen LogP contribution in [0.15, 0.2) is 24.8 Å². The second-order valence-corrected chi connectivity index (χ2v) is 10.7. The van der Waals surface area contributed by atoms with Crippen LogP contribution < -0.4 is 0 Å². The largest absolute Gasteiger partial charge is 0.346 e. The number of pyridine rings is 1. The third kappa shape index (κ3) is 2.11. The Balaban J connectivity index is 1.45. The molecule has 0 amide bonds. The molecular weight excluding hydrogens is 336 g/mol. The number of fused-ring (bicyclic) bond motifs is 3. The van der Waals surface area contributed by atoms with Crippen LogP contribution in [0.3, 0.4) is 0 Å². The molecule has 0 unspecified atom stereocenters. The van der Waals surface area contributed by atoms with Crippen LogP contribution in [0.5, 0.6) is 0 Å². The van der Waals surface area contributed by atoms with Gasteiger partial charge in [-0.2, -0.15) is 0 Å². The zero-order valence-corrected chi connectivity index (χ0v) is 15.3. The molecule has 0 aromatic carbocycles. The standard InChI is InChI=1S/C18H22N4O2S/c1-12(2)6-25(23,24)10-17-7-18(8-17,9-17)22-11-21-14-5-20-16-13(15(14)22)3-4-19-16/h3-5,11-12H,6-10H2,1-2H3,(H,19,20). The highest BCUT2D eigenvalue weighted by Crippen LogP contribution is 2.72. The number of nitrogens with one attached hydrogen (secondary N) is 1. The van der Waals surface area contributed by atoms with Crippen molar-refractivity contribution >= 4 is 31.9 Å². The van der Waals surface area contributed by atoms with E-state index < -0.39 is 9.84 Å². The smallest absolute Gasteiger partial charge is 0.151 e. The first-order valence-corrected chi connectivity index (χ1v) is 10.6. The first-order chi connectivity index (χ1) is 11.8. The van der Waals surface area contributed by atoms with Crippen LogP contribution in [0.4, 0.5) is 0 Å². The molecule has 3 heterocycles. The fourth-order valence-electron chi connectivity index (χ4n) is 5.25. The maximum Gasteiger partial charge on any atom is 0.151 e. The van der Waals surface area contributed by atoms with Gasteiger partial charge < -0.3 is 9.55 Å². The number of nitrogens with zero attached hydrogens (tertiary/aromatic N) is 3. The zero-order valence-electron chi connectivity index (χ0n) is 14.5. The first-order valence-electron chi connectivity index (χ1n) is 8.82. The van der Waals surface area contributed by atoms with Gasteiger partial charge in [-0.3, -0.25) is 0 Å². The van der Waals surface area contributed by atoms with Crippen molar-refractivity contribution in [3.05, 3.63) is 24.8 Å². The van der Waals surface area contributed by atoms with E-state index >= 15 is 0 Å². The number of imidazole rings is 1. The molecule has 6 nitrogen and oxygen atoms in total. The summed E-state index contributed by atoms with van der Waals surface area (Å²) in [7, 11) is -2.97. The average Bonchev–Trinajstić information content (AvgIpc) is 3.05. The Kier molecular flexibility index (Phi) is 2.85. The van der Waals surface area contributed by atoms with E-state index in [0.717, 1.165) is 41.3 Å². The second-order valence-electron chi connectivity index (χ2n) is 8.55. The Morgan fingerprint density at radius 1 is 1.28 bits per heavy atom. The summed E-state index contributed by atoms with van der Waals surface area (Å²) in [4.78, 5) is 12.1. The third-order valence-corrected chi connectivity index (χ3v) is 8.06. The quantitative estimate of drug-likeness (QED) is 0.760. The average molecular weight is 358 g/mol. The predicted molar refractivity (Wildman–Crippen MR) is 97.1 cm³/mol. The van der Waals surface area contributed by atoms with E-state index in [1.165, 1.54) is 0 Å². The second kappa shape index (κ2) is 4.63. The number of hydrogen-bond acceptors (Lipinski definition) is 4. The minimum absolute atomic E-state index is 0.00535. The van der Waals surface area contributed by atoms with Crippen LogP contribution in [-0.4, -0.2) is 39.4 Å². The van der Waals surface area contributed by atoms with E-state index in [2.05, 4.69) is 19.5 Å². The summed E-state index contributed by atoms with van der Waals surface area (Å²) in [5.41, 5.74) is 2.93. The van der Waals surface area contributed by atoms with Crippen molar-refractivity contribution in [1.82, 2.24) is 19.5 Å². The van der Waals surface area contributed by atoms with Gasteiger partial charge in [-0.05, 0) is 36.7 Å². The minimum atomic E-state index is -2.97. The lowest BCUT2D eigenvalue weighted by atomic mass is 9.40. The molecular formula is C18H22N4O2S. The van der Waals surface area contributed by atoms with E-state index in [9.17, 15) is 8.42 Å². The third-order valence-electron chi connectivity index (χ3n) is 5.83. The minimum Gasteiger partial charge on any atom is -0.346 e. The van der Waals surface area contributed by atoms with E-state index in [0.29, 0.717) is 11.5 Å². The molecule has 2 bridgehead atoms. The number of aromatic amines is 1. The maximum absolute atomic E-state index is 12.4. The van der Waals surface area contributed by atoms with Crippen molar-refractivity contribution < 1.29 is 8.42 Å². The highest BCUT2D eigenvalue weighted by molar-refractivity contribution is 7.91. The summed E-state index contributed by atoms with van der Waals surface area (Å²) in [5.74, 6) is 0.831. The number of rotatable bonds is 5. The lowest BCUT2D eigenvalue weighted by molar-refractivity contribution is -0.168. The molecule has 0 aliphatic heterocycles. The van der Waals surface area contributed by atoms with Gasteiger partial charge in [-0.1, -0.05) is 13.8 Å². The molecule has 132 valence electrons. The van der Waals surface area contributed by atoms with Gasteiger partial charge in [-0.25, -0.2) is 18.4 Å². The molecule has 6 rings (SSSR count). The van der Waals surface area contributed by atoms with Crippen LogP contribution in [0.25, 0.3) is 22.1 Å². The van der Waals surface area contributed by atoms with Gasteiger partial charge in [-0.15, -0.1) is 0 Å². The number of H-pyrrole nitrogens is 1. The van der Waals surface area contributed by atoms with E-state index in [1.54, 1.807) is 6.20 Å². The molecule has 0 spiro atoms. The Morgan fingerprint density at radius 2 is 2.04 bits per heavy atom. The summed E-state index contributed by atoms with van der Waals surface area (Å²) in [6.45, 7) is 3.93. The Bertz CT molecular complexity index is 1070. The van der Waals surface area contributed by atoms with Crippen molar-refractivity contribution in [3.63, 3.8) is 0 Å². The SMILES string of the molecule is CC(C)CS(=O)(=O)CC12CC(n3cnc4cnc5[nH]ccc5c43)(C1)C2. The van der Waals surface area contributed by atoms with Gasteiger partial charge in [0.25, 0.3) is 0 Å². The number of hydrogen-bond donors (Lipinski definition) is 1. The fourth-order valence-corrected chi connectivity index (χ4v) is 7.62. The molecule has 25 heavy (non-hydrogen) atoms. The summed E-state index contributed by atoms with van der Waals surface area (Å²) in [5, 5.41) is 1.08. The summed E-state index contributed by atoms with van der Waals surface area (Å²) >= 11 is 0. The summed E-state index contributed by atoms with van der Waals surface area (Å²) in [6.07, 6.45) is 8.44. The molecule has 1 N–H and O–H groups in total. The van der Waals surface area contributed by atoms with Crippen molar-refractivity contribution in [2.45, 2.75) is 38.6 Å². The van der Waals surface area contributed by atoms with Gasteiger partial charge in [0, 0.05) is 17.1 Å². The van der Waals surface area contributed by atoms with Crippen molar-refractivity contribution in [1.29, 1.82) is 0 Å². The number of aromatic nitrogens is 4. The molecule has 3 fully saturated rings. The van der Waals surface area contributed by atoms with Crippen molar-refractivity contribution in [2.75, 3.05) is 11.5 Å². The highest BCUT2D eigenvalue weighted by atomic mass is 32.2. The van der Waals surface area contributed by atoms with Crippen molar-refractivity contribution in [3.8, 4) is 0 Å². The fraction of sp³-hybridized carbons (Fsp3) is 0.556. The highest BCUT2D eigenvalue weighted by Gasteiger charge is 2.69.